The van der Waals surface area contributed by atoms with Gasteiger partial charge in [-0.15, -0.1) is 0 Å². The Morgan fingerprint density at radius 2 is 1.50 bits per heavy atom. The molecule has 0 spiro atoms. The van der Waals surface area contributed by atoms with Crippen molar-refractivity contribution in [3.05, 3.63) is 83.9 Å². The Labute approximate surface area is 119 Å². The van der Waals surface area contributed by atoms with Gasteiger partial charge in [0, 0.05) is 6.21 Å². The van der Waals surface area contributed by atoms with E-state index in [0.29, 0.717) is 0 Å². The summed E-state index contributed by atoms with van der Waals surface area (Å²) >= 11 is 0. The fourth-order valence-corrected chi connectivity index (χ4v) is 2.30. The molecule has 0 N–H and O–H groups in total. The molecular weight excluding hydrogens is 242 g/mol. The first-order valence-corrected chi connectivity index (χ1v) is 6.90. The minimum Gasteiger partial charge on any atom is -0.285 e. The highest BCUT2D eigenvalue weighted by Crippen LogP contribution is 2.17. The maximum Gasteiger partial charge on any atom is 0.0721 e. The quantitative estimate of drug-likeness (QED) is 0.586. The molecule has 0 aromatic heterocycles. The van der Waals surface area contributed by atoms with E-state index in [4.69, 9.17) is 0 Å². The second-order valence-electron chi connectivity index (χ2n) is 4.97. The third-order valence-electron chi connectivity index (χ3n) is 3.50. The van der Waals surface area contributed by atoms with Crippen LogP contribution in [0, 0.1) is 0 Å². The van der Waals surface area contributed by atoms with E-state index in [1.807, 2.05) is 12.3 Å². The molecule has 0 saturated heterocycles. The van der Waals surface area contributed by atoms with Gasteiger partial charge >= 0.3 is 0 Å². The van der Waals surface area contributed by atoms with Crippen LogP contribution in [0.1, 0.15) is 24.1 Å². The summed E-state index contributed by atoms with van der Waals surface area (Å²) in [6.07, 6.45) is 1.96. The van der Waals surface area contributed by atoms with Crippen LogP contribution in [0.3, 0.4) is 0 Å². The monoisotopic (exact) mass is 259 g/mol. The molecule has 0 aliphatic carbocycles. The van der Waals surface area contributed by atoms with Crippen molar-refractivity contribution in [2.45, 2.75) is 13.0 Å². The van der Waals surface area contributed by atoms with Crippen molar-refractivity contribution in [1.29, 1.82) is 0 Å². The van der Waals surface area contributed by atoms with Crippen LogP contribution >= 0.6 is 0 Å². The summed E-state index contributed by atoms with van der Waals surface area (Å²) in [7, 11) is 0. The van der Waals surface area contributed by atoms with Crippen LogP contribution in [0.2, 0.25) is 0 Å². The summed E-state index contributed by atoms with van der Waals surface area (Å²) < 4.78 is 0. The lowest BCUT2D eigenvalue weighted by Crippen LogP contribution is -1.90. The molecule has 0 aliphatic heterocycles. The highest BCUT2D eigenvalue weighted by Gasteiger charge is 2.00. The second kappa shape index (κ2) is 5.70. The van der Waals surface area contributed by atoms with Gasteiger partial charge in [0.15, 0.2) is 0 Å². The van der Waals surface area contributed by atoms with Crippen LogP contribution in [-0.4, -0.2) is 6.21 Å². The molecule has 0 radical (unpaired) electrons. The summed E-state index contributed by atoms with van der Waals surface area (Å²) in [5.74, 6) is 0. The molecule has 3 rings (SSSR count). The Morgan fingerprint density at radius 3 is 2.30 bits per heavy atom. The first-order chi connectivity index (χ1) is 9.83. The highest BCUT2D eigenvalue weighted by atomic mass is 14.8. The number of benzene rings is 3. The predicted molar refractivity (Wildman–Crippen MR) is 86.4 cm³/mol. The molecule has 0 heterocycles. The third kappa shape index (κ3) is 2.77. The van der Waals surface area contributed by atoms with Crippen LogP contribution in [0.25, 0.3) is 10.8 Å². The van der Waals surface area contributed by atoms with Crippen LogP contribution < -0.4 is 0 Å². The van der Waals surface area contributed by atoms with E-state index in [0.717, 1.165) is 5.56 Å². The van der Waals surface area contributed by atoms with Gasteiger partial charge in [-0.1, -0.05) is 66.7 Å². The molecule has 0 amide bonds. The van der Waals surface area contributed by atoms with Crippen molar-refractivity contribution in [1.82, 2.24) is 0 Å². The molecule has 1 heteroatoms. The Hall–Kier alpha value is -2.41. The van der Waals surface area contributed by atoms with Crippen LogP contribution in [0.15, 0.2) is 77.8 Å². The van der Waals surface area contributed by atoms with Gasteiger partial charge in [0.1, 0.15) is 0 Å². The Morgan fingerprint density at radius 1 is 0.800 bits per heavy atom. The van der Waals surface area contributed by atoms with Gasteiger partial charge in [0.25, 0.3) is 0 Å². The molecule has 1 nitrogen and oxygen atoms in total. The molecule has 1 atom stereocenters. The van der Waals surface area contributed by atoms with E-state index in [1.165, 1.54) is 16.3 Å². The molecule has 20 heavy (non-hydrogen) atoms. The van der Waals surface area contributed by atoms with Gasteiger partial charge in [-0.05, 0) is 34.9 Å². The maximum absolute atomic E-state index is 4.65. The highest BCUT2D eigenvalue weighted by molar-refractivity contribution is 5.90. The summed E-state index contributed by atoms with van der Waals surface area (Å²) in [6.45, 7) is 2.12. The Balaban J connectivity index is 1.83. The van der Waals surface area contributed by atoms with Crippen LogP contribution in [0.5, 0.6) is 0 Å². The molecule has 98 valence electrons. The van der Waals surface area contributed by atoms with Crippen molar-refractivity contribution in [3.63, 3.8) is 0 Å². The van der Waals surface area contributed by atoms with Gasteiger partial charge in [0.05, 0.1) is 6.04 Å². The van der Waals surface area contributed by atoms with Crippen molar-refractivity contribution in [2.75, 3.05) is 0 Å². The molecule has 0 saturated carbocycles. The van der Waals surface area contributed by atoms with Crippen molar-refractivity contribution >= 4 is 17.0 Å². The van der Waals surface area contributed by atoms with Gasteiger partial charge in [-0.25, -0.2) is 0 Å². The molecule has 3 aromatic carbocycles. The Bertz CT molecular complexity index is 729. The number of nitrogens with zero attached hydrogens (tertiary/aromatic N) is 1. The average molecular weight is 259 g/mol. The number of hydrogen-bond acceptors (Lipinski definition) is 1. The SMILES string of the molecule is C[C@H](N=Cc1ccc2ccccc2c1)c1ccccc1. The average Bonchev–Trinajstić information content (AvgIpc) is 2.53. The molecule has 0 fully saturated rings. The molecule has 0 bridgehead atoms. The normalized spacial score (nSPS) is 12.8. The molecule has 0 aliphatic rings. The smallest absolute Gasteiger partial charge is 0.0721 e. The van der Waals surface area contributed by atoms with Crippen LogP contribution in [-0.2, 0) is 0 Å². The second-order valence-corrected chi connectivity index (χ2v) is 4.97. The van der Waals surface area contributed by atoms with Crippen molar-refractivity contribution < 1.29 is 0 Å². The zero-order chi connectivity index (χ0) is 13.8. The summed E-state index contributed by atoms with van der Waals surface area (Å²) in [5.41, 5.74) is 2.39. The van der Waals surface area contributed by atoms with E-state index in [2.05, 4.69) is 78.6 Å². The predicted octanol–water partition coefficient (Wildman–Crippen LogP) is 5.02. The van der Waals surface area contributed by atoms with Gasteiger partial charge < -0.3 is 0 Å². The zero-order valence-corrected chi connectivity index (χ0v) is 11.5. The number of fused-ring (bicyclic) bond motifs is 1. The Kier molecular flexibility index (Phi) is 3.60. The van der Waals surface area contributed by atoms with Crippen molar-refractivity contribution in [2.24, 2.45) is 4.99 Å². The summed E-state index contributed by atoms with van der Waals surface area (Å²) in [5, 5.41) is 2.52. The third-order valence-corrected chi connectivity index (χ3v) is 3.50. The minimum absolute atomic E-state index is 0.183. The topological polar surface area (TPSA) is 12.4 Å². The summed E-state index contributed by atoms with van der Waals surface area (Å²) in [6, 6.07) is 25.4. The molecular formula is C19H17N. The first-order valence-electron chi connectivity index (χ1n) is 6.90. The van der Waals surface area contributed by atoms with Crippen LogP contribution in [0.4, 0.5) is 0 Å². The van der Waals surface area contributed by atoms with E-state index in [1.54, 1.807) is 0 Å². The van der Waals surface area contributed by atoms with E-state index < -0.39 is 0 Å². The minimum atomic E-state index is 0.183. The van der Waals surface area contributed by atoms with E-state index >= 15 is 0 Å². The van der Waals surface area contributed by atoms with Gasteiger partial charge in [0.2, 0.25) is 0 Å². The van der Waals surface area contributed by atoms with E-state index in [9.17, 15) is 0 Å². The van der Waals surface area contributed by atoms with Gasteiger partial charge in [-0.3, -0.25) is 4.99 Å². The molecule has 3 aromatic rings. The van der Waals surface area contributed by atoms with Crippen molar-refractivity contribution in [3.8, 4) is 0 Å². The number of aliphatic imine (C=N–C) groups is 1. The maximum atomic E-state index is 4.65. The lowest BCUT2D eigenvalue weighted by Gasteiger charge is -2.06. The largest absolute Gasteiger partial charge is 0.285 e. The fraction of sp³-hybridized carbons (Fsp3) is 0.105. The molecule has 0 unspecified atom stereocenters. The fourth-order valence-electron chi connectivity index (χ4n) is 2.30. The zero-order valence-electron chi connectivity index (χ0n) is 11.5. The van der Waals surface area contributed by atoms with Gasteiger partial charge in [-0.2, -0.15) is 0 Å². The lowest BCUT2D eigenvalue weighted by molar-refractivity contribution is 0.825. The summed E-state index contributed by atoms with van der Waals surface area (Å²) in [4.78, 5) is 4.65. The van der Waals surface area contributed by atoms with E-state index in [-0.39, 0.29) is 6.04 Å². The standard InChI is InChI=1S/C19H17N/c1-15(17-7-3-2-4-8-17)20-14-16-11-12-18-9-5-6-10-19(18)13-16/h2-15H,1H3/t15-/m0/s1. The number of hydrogen-bond donors (Lipinski definition) is 0. The number of rotatable bonds is 3. The lowest BCUT2D eigenvalue weighted by atomic mass is 10.1. The first kappa shape index (κ1) is 12.6.